The lowest BCUT2D eigenvalue weighted by molar-refractivity contribution is -0.162. The van der Waals surface area contributed by atoms with Crippen molar-refractivity contribution < 1.29 is 22.7 Å². The first kappa shape index (κ1) is 19.5. The number of pyridine rings is 1. The number of morpholine rings is 1. The van der Waals surface area contributed by atoms with E-state index in [1.165, 1.54) is 18.3 Å². The van der Waals surface area contributed by atoms with Crippen LogP contribution >= 0.6 is 0 Å². The lowest BCUT2D eigenvalue weighted by Gasteiger charge is -2.37. The van der Waals surface area contributed by atoms with Gasteiger partial charge in [-0.2, -0.15) is 13.2 Å². The highest BCUT2D eigenvalue weighted by molar-refractivity contribution is 5.95. The van der Waals surface area contributed by atoms with Gasteiger partial charge in [0, 0.05) is 37.2 Å². The molecule has 7 nitrogen and oxygen atoms in total. The van der Waals surface area contributed by atoms with Gasteiger partial charge in [-0.05, 0) is 18.2 Å². The van der Waals surface area contributed by atoms with E-state index in [2.05, 4.69) is 20.5 Å². The highest BCUT2D eigenvalue weighted by atomic mass is 19.4. The van der Waals surface area contributed by atoms with Gasteiger partial charge >= 0.3 is 6.18 Å². The van der Waals surface area contributed by atoms with Gasteiger partial charge in [0.25, 0.3) is 5.91 Å². The number of ether oxygens (including phenoxy) is 1. The fraction of sp³-hybridized carbons (Fsp3) is 0.368. The van der Waals surface area contributed by atoms with Crippen molar-refractivity contribution in [3.63, 3.8) is 0 Å². The van der Waals surface area contributed by atoms with Crippen LogP contribution in [0.4, 0.5) is 13.2 Å². The zero-order valence-corrected chi connectivity index (χ0v) is 15.4. The van der Waals surface area contributed by atoms with Gasteiger partial charge in [-0.25, -0.2) is 0 Å². The third-order valence-corrected chi connectivity index (χ3v) is 4.92. The zero-order chi connectivity index (χ0) is 20.4. The number of halogens is 3. The summed E-state index contributed by atoms with van der Waals surface area (Å²) in [6.45, 7) is 2.41. The summed E-state index contributed by atoms with van der Waals surface area (Å²) in [5.41, 5.74) is 0.492. The molecule has 1 saturated heterocycles. The van der Waals surface area contributed by atoms with Gasteiger partial charge in [-0.3, -0.25) is 14.7 Å². The van der Waals surface area contributed by atoms with Crippen molar-refractivity contribution in [1.29, 1.82) is 0 Å². The lowest BCUT2D eigenvalue weighted by atomic mass is 10.1. The molecule has 1 fully saturated rings. The molecule has 1 aromatic rings. The average molecular weight is 407 g/mol. The molecule has 10 heteroatoms. The first-order valence-corrected chi connectivity index (χ1v) is 9.18. The molecule has 3 aliphatic rings. The standard InChI is InChI=1S/C19H20F3N5O2/c20-19(21,22)16(13-4-3-6-23-12-13)25-17(28)15-14-5-1-2-7-27(14)18(24-15)26-8-10-29-11-9-26/h1-7,12,16,18,24H,8-11H2,(H,25,28). The van der Waals surface area contributed by atoms with Gasteiger partial charge in [0.05, 0.1) is 18.9 Å². The second-order valence-corrected chi connectivity index (χ2v) is 6.77. The molecule has 29 heavy (non-hydrogen) atoms. The summed E-state index contributed by atoms with van der Waals surface area (Å²) in [5, 5.41) is 5.21. The maximum atomic E-state index is 13.6. The summed E-state index contributed by atoms with van der Waals surface area (Å²) in [6.07, 6.45) is 4.52. The highest BCUT2D eigenvalue weighted by Crippen LogP contribution is 2.33. The van der Waals surface area contributed by atoms with Gasteiger partial charge < -0.3 is 20.3 Å². The van der Waals surface area contributed by atoms with Crippen LogP contribution in [0.3, 0.4) is 0 Å². The number of allylic oxidation sites excluding steroid dienone is 3. The molecule has 0 bridgehead atoms. The molecule has 0 radical (unpaired) electrons. The summed E-state index contributed by atoms with van der Waals surface area (Å²) in [6, 6.07) is 0.538. The zero-order valence-electron chi connectivity index (χ0n) is 15.4. The van der Waals surface area contributed by atoms with E-state index in [1.54, 1.807) is 18.4 Å². The van der Waals surface area contributed by atoms with Crippen molar-refractivity contribution in [3.8, 4) is 0 Å². The molecule has 0 aromatic carbocycles. The van der Waals surface area contributed by atoms with Crippen LogP contribution in [-0.2, 0) is 9.53 Å². The Balaban J connectivity index is 1.58. The number of carbonyl (C=O) groups excluding carboxylic acids is 1. The summed E-state index contributed by atoms with van der Waals surface area (Å²) in [4.78, 5) is 20.5. The van der Waals surface area contributed by atoms with E-state index in [-0.39, 0.29) is 17.6 Å². The van der Waals surface area contributed by atoms with E-state index in [9.17, 15) is 18.0 Å². The summed E-state index contributed by atoms with van der Waals surface area (Å²) in [5.74, 6) is -0.827. The molecule has 154 valence electrons. The molecule has 4 rings (SSSR count). The lowest BCUT2D eigenvalue weighted by Crippen LogP contribution is -2.54. The Morgan fingerprint density at radius 2 is 2.10 bits per heavy atom. The average Bonchev–Trinajstić information content (AvgIpc) is 3.12. The number of fused-ring (bicyclic) bond motifs is 1. The number of alkyl halides is 3. The van der Waals surface area contributed by atoms with Crippen LogP contribution in [0.25, 0.3) is 0 Å². The quantitative estimate of drug-likeness (QED) is 0.791. The van der Waals surface area contributed by atoms with Crippen molar-refractivity contribution in [2.75, 3.05) is 26.3 Å². The molecule has 1 aromatic heterocycles. The van der Waals surface area contributed by atoms with Gasteiger partial charge in [0.15, 0.2) is 12.3 Å². The van der Waals surface area contributed by atoms with E-state index >= 15 is 0 Å². The minimum absolute atomic E-state index is 0.0974. The third-order valence-electron chi connectivity index (χ3n) is 4.92. The molecule has 0 saturated carbocycles. The monoisotopic (exact) mass is 407 g/mol. The summed E-state index contributed by atoms with van der Waals surface area (Å²) in [7, 11) is 0. The molecule has 2 N–H and O–H groups in total. The minimum atomic E-state index is -4.66. The van der Waals surface area contributed by atoms with Crippen LogP contribution in [0, 0.1) is 0 Å². The Bertz CT molecular complexity index is 847. The van der Waals surface area contributed by atoms with Crippen molar-refractivity contribution in [2.24, 2.45) is 0 Å². The summed E-state index contributed by atoms with van der Waals surface area (Å²) >= 11 is 0. The molecular formula is C19H20F3N5O2. The number of aromatic nitrogens is 1. The Labute approximate surface area is 165 Å². The number of rotatable bonds is 4. The molecule has 3 aliphatic heterocycles. The predicted molar refractivity (Wildman–Crippen MR) is 97.6 cm³/mol. The highest BCUT2D eigenvalue weighted by Gasteiger charge is 2.44. The molecule has 4 heterocycles. The SMILES string of the molecule is O=C(NC(c1cccnc1)C(F)(F)F)C1=C2C=CC=CN2C(N2CCOCC2)N1. The van der Waals surface area contributed by atoms with Crippen molar-refractivity contribution in [2.45, 2.75) is 18.5 Å². The largest absolute Gasteiger partial charge is 0.412 e. The van der Waals surface area contributed by atoms with Crippen LogP contribution in [0.5, 0.6) is 0 Å². The number of carbonyl (C=O) groups is 1. The molecular weight excluding hydrogens is 387 g/mol. The number of nitrogens with one attached hydrogen (secondary N) is 2. The number of nitrogens with zero attached hydrogens (tertiary/aromatic N) is 3. The van der Waals surface area contributed by atoms with Gasteiger partial charge in [0.1, 0.15) is 5.70 Å². The van der Waals surface area contributed by atoms with E-state index in [4.69, 9.17) is 4.74 Å². The van der Waals surface area contributed by atoms with Gasteiger partial charge in [-0.15, -0.1) is 0 Å². The first-order valence-electron chi connectivity index (χ1n) is 9.18. The van der Waals surface area contributed by atoms with Crippen LogP contribution in [-0.4, -0.2) is 59.5 Å². The Kier molecular flexibility index (Phi) is 5.29. The van der Waals surface area contributed by atoms with E-state index in [1.807, 2.05) is 11.0 Å². The topological polar surface area (TPSA) is 69.7 Å². The summed E-state index contributed by atoms with van der Waals surface area (Å²) < 4.78 is 46.2. The van der Waals surface area contributed by atoms with Crippen LogP contribution < -0.4 is 10.6 Å². The van der Waals surface area contributed by atoms with Crippen LogP contribution in [0.2, 0.25) is 0 Å². The number of hydrogen-bond donors (Lipinski definition) is 2. The normalized spacial score (nSPS) is 23.0. The second kappa shape index (κ2) is 7.88. The maximum absolute atomic E-state index is 13.6. The van der Waals surface area contributed by atoms with Crippen molar-refractivity contribution in [1.82, 2.24) is 25.4 Å². The Morgan fingerprint density at radius 3 is 2.79 bits per heavy atom. The van der Waals surface area contributed by atoms with E-state index in [0.29, 0.717) is 32.0 Å². The van der Waals surface area contributed by atoms with Gasteiger partial charge in [0.2, 0.25) is 0 Å². The minimum Gasteiger partial charge on any atom is -0.379 e. The third kappa shape index (κ3) is 3.99. The Morgan fingerprint density at radius 1 is 1.31 bits per heavy atom. The molecule has 0 aliphatic carbocycles. The van der Waals surface area contributed by atoms with Gasteiger partial charge in [-0.1, -0.05) is 12.1 Å². The second-order valence-electron chi connectivity index (χ2n) is 6.77. The molecule has 2 unspecified atom stereocenters. The van der Waals surface area contributed by atoms with E-state index in [0.717, 1.165) is 6.20 Å². The van der Waals surface area contributed by atoms with E-state index < -0.39 is 18.1 Å². The molecule has 2 atom stereocenters. The number of amides is 1. The maximum Gasteiger partial charge on any atom is 0.412 e. The number of hydrogen-bond acceptors (Lipinski definition) is 6. The first-order chi connectivity index (χ1) is 13.9. The van der Waals surface area contributed by atoms with Crippen molar-refractivity contribution >= 4 is 5.91 Å². The Hall–Kier alpha value is -2.85. The van der Waals surface area contributed by atoms with Crippen LogP contribution in [0.1, 0.15) is 11.6 Å². The molecule has 0 spiro atoms. The van der Waals surface area contributed by atoms with Crippen LogP contribution in [0.15, 0.2) is 60.3 Å². The predicted octanol–water partition coefficient (Wildman–Crippen LogP) is 1.62. The fourth-order valence-corrected chi connectivity index (χ4v) is 3.53. The molecule has 1 amide bonds. The fourth-order valence-electron chi connectivity index (χ4n) is 3.53. The smallest absolute Gasteiger partial charge is 0.379 e. The van der Waals surface area contributed by atoms with Crippen molar-refractivity contribution in [3.05, 3.63) is 65.9 Å².